The van der Waals surface area contributed by atoms with E-state index in [4.69, 9.17) is 0 Å². The van der Waals surface area contributed by atoms with Gasteiger partial charge in [-0.3, -0.25) is 9.36 Å². The summed E-state index contributed by atoms with van der Waals surface area (Å²) < 4.78 is 1.99. The van der Waals surface area contributed by atoms with E-state index in [0.717, 1.165) is 88.9 Å². The highest BCUT2D eigenvalue weighted by molar-refractivity contribution is 6.09. The molecule has 0 bridgehead atoms. The summed E-state index contributed by atoms with van der Waals surface area (Å²) in [5.74, 6) is 0. The quantitative estimate of drug-likeness (QED) is 0.167. The first-order chi connectivity index (χ1) is 29.2. The molecule has 2 aliphatic rings. The molecule has 0 unspecified atom stereocenters. The van der Waals surface area contributed by atoms with E-state index in [1.807, 2.05) is 22.8 Å². The van der Waals surface area contributed by atoms with Gasteiger partial charge in [0.15, 0.2) is 0 Å². The summed E-state index contributed by atoms with van der Waals surface area (Å²) >= 11 is 0. The van der Waals surface area contributed by atoms with Gasteiger partial charge in [0.05, 0.1) is 28.0 Å². The van der Waals surface area contributed by atoms with Crippen LogP contribution in [0, 0.1) is 0 Å². The number of rotatable bonds is 4. The Morgan fingerprint density at radius 3 is 1.39 bits per heavy atom. The first-order valence-corrected chi connectivity index (χ1v) is 20.2. The minimum atomic E-state index is -0.814. The number of pyridine rings is 1. The second kappa shape index (κ2) is 12.9. The normalized spacial score (nSPS) is 13.3. The molecule has 0 N–H and O–H groups in total. The Morgan fingerprint density at radius 2 is 0.780 bits per heavy atom. The van der Waals surface area contributed by atoms with E-state index < -0.39 is 5.41 Å². The maximum atomic E-state index is 14.9. The minimum Gasteiger partial charge on any atom is -0.310 e. The standard InChI is InChI=1S/C56H36N2O/c59-55-46-22-11-10-21-44(46)45-23-14-25-48-54(45)58(55)51-26-13-12-24-47(51)56(48)49-35-41(38-17-6-2-7-18-38)29-33-52(49)57(43-31-27-40(28-32-43)37-15-4-1-5-16-37)53-34-30-42(36-50(53)56)39-19-8-3-9-20-39/h1-36H. The number of hydrogen-bond acceptors (Lipinski definition) is 2. The molecule has 0 saturated heterocycles. The van der Waals surface area contributed by atoms with Crippen molar-refractivity contribution >= 4 is 38.7 Å². The number of para-hydroxylation sites is 2. The highest BCUT2D eigenvalue weighted by atomic mass is 16.1. The van der Waals surface area contributed by atoms with E-state index in [9.17, 15) is 4.79 Å². The molecule has 0 aliphatic carbocycles. The Bertz CT molecular complexity index is 3240. The number of nitrogens with zero attached hydrogens (tertiary/aromatic N) is 2. The van der Waals surface area contributed by atoms with Crippen molar-refractivity contribution in [2.75, 3.05) is 4.90 Å². The van der Waals surface area contributed by atoms with E-state index in [-0.39, 0.29) is 5.56 Å². The lowest BCUT2D eigenvalue weighted by Gasteiger charge is -2.49. The van der Waals surface area contributed by atoms with Crippen LogP contribution in [0.15, 0.2) is 223 Å². The largest absolute Gasteiger partial charge is 0.310 e. The van der Waals surface area contributed by atoms with Crippen LogP contribution in [-0.4, -0.2) is 4.57 Å². The lowest BCUT2D eigenvalue weighted by Crippen LogP contribution is -2.42. The van der Waals surface area contributed by atoms with Gasteiger partial charge in [-0.25, -0.2) is 0 Å². The zero-order chi connectivity index (χ0) is 39.1. The molecule has 0 atom stereocenters. The molecule has 1 spiro atoms. The topological polar surface area (TPSA) is 25.2 Å². The Labute approximate surface area is 342 Å². The summed E-state index contributed by atoms with van der Waals surface area (Å²) in [7, 11) is 0. The predicted octanol–water partition coefficient (Wildman–Crippen LogP) is 13.6. The van der Waals surface area contributed by atoms with Crippen molar-refractivity contribution in [3.8, 4) is 39.1 Å². The fraction of sp³-hybridized carbons (Fsp3) is 0.0179. The van der Waals surface area contributed by atoms with Gasteiger partial charge in [-0.15, -0.1) is 0 Å². The van der Waals surface area contributed by atoms with Crippen molar-refractivity contribution in [1.29, 1.82) is 0 Å². The molecule has 1 aromatic heterocycles. The van der Waals surface area contributed by atoms with Crippen LogP contribution in [-0.2, 0) is 5.41 Å². The third-order valence-corrected chi connectivity index (χ3v) is 12.6. The molecule has 2 aliphatic heterocycles. The van der Waals surface area contributed by atoms with Gasteiger partial charge in [-0.2, -0.15) is 0 Å². The molecule has 0 radical (unpaired) electrons. The molecule has 0 amide bonds. The lowest BCUT2D eigenvalue weighted by molar-refractivity contribution is 0.709. The first-order valence-electron chi connectivity index (χ1n) is 20.2. The van der Waals surface area contributed by atoms with Crippen LogP contribution in [0.2, 0.25) is 0 Å². The molecule has 12 rings (SSSR count). The number of hydrogen-bond donors (Lipinski definition) is 0. The Balaban J connectivity index is 1.25. The monoisotopic (exact) mass is 752 g/mol. The van der Waals surface area contributed by atoms with Gasteiger partial charge in [0.25, 0.3) is 5.56 Å². The maximum absolute atomic E-state index is 14.9. The van der Waals surface area contributed by atoms with Gasteiger partial charge >= 0.3 is 0 Å². The Morgan fingerprint density at radius 1 is 0.322 bits per heavy atom. The average molecular weight is 753 g/mol. The number of aromatic nitrogens is 1. The summed E-state index contributed by atoms with van der Waals surface area (Å²) in [4.78, 5) is 17.3. The minimum absolute atomic E-state index is 0.00434. The molecule has 276 valence electrons. The van der Waals surface area contributed by atoms with Crippen LogP contribution >= 0.6 is 0 Å². The maximum Gasteiger partial charge on any atom is 0.263 e. The van der Waals surface area contributed by atoms with Crippen molar-refractivity contribution in [1.82, 2.24) is 4.57 Å². The highest BCUT2D eigenvalue weighted by Gasteiger charge is 2.51. The first kappa shape index (κ1) is 33.4. The number of benzene rings is 9. The second-order valence-corrected chi connectivity index (χ2v) is 15.6. The zero-order valence-electron chi connectivity index (χ0n) is 32.1. The highest BCUT2D eigenvalue weighted by Crippen LogP contribution is 2.62. The Hall–Kier alpha value is -7.75. The molecule has 0 fully saturated rings. The molecule has 9 aromatic carbocycles. The summed E-state index contributed by atoms with van der Waals surface area (Å²) in [5.41, 5.74) is 15.7. The van der Waals surface area contributed by atoms with Gasteiger partial charge in [-0.1, -0.05) is 170 Å². The van der Waals surface area contributed by atoms with E-state index >= 15 is 0 Å². The second-order valence-electron chi connectivity index (χ2n) is 15.6. The van der Waals surface area contributed by atoms with Crippen LogP contribution < -0.4 is 10.5 Å². The third-order valence-electron chi connectivity index (χ3n) is 12.6. The number of fused-ring (bicyclic) bond motifs is 10. The van der Waals surface area contributed by atoms with Gasteiger partial charge in [0, 0.05) is 16.5 Å². The molecule has 0 saturated carbocycles. The van der Waals surface area contributed by atoms with Gasteiger partial charge < -0.3 is 4.90 Å². The van der Waals surface area contributed by atoms with Crippen LogP contribution in [0.25, 0.3) is 60.7 Å². The zero-order valence-corrected chi connectivity index (χ0v) is 32.1. The van der Waals surface area contributed by atoms with Crippen LogP contribution in [0.1, 0.15) is 22.3 Å². The molecule has 3 heteroatoms. The van der Waals surface area contributed by atoms with Crippen molar-refractivity contribution < 1.29 is 0 Å². The summed E-state index contributed by atoms with van der Waals surface area (Å²) in [6.45, 7) is 0. The fourth-order valence-electron chi connectivity index (χ4n) is 10.0. The van der Waals surface area contributed by atoms with Crippen LogP contribution in [0.5, 0.6) is 0 Å². The molecule has 59 heavy (non-hydrogen) atoms. The van der Waals surface area contributed by atoms with E-state index in [1.165, 1.54) is 11.1 Å². The predicted molar refractivity (Wildman–Crippen MR) is 243 cm³/mol. The molecular weight excluding hydrogens is 717 g/mol. The third kappa shape index (κ3) is 4.79. The van der Waals surface area contributed by atoms with Crippen molar-refractivity contribution in [2.24, 2.45) is 0 Å². The van der Waals surface area contributed by atoms with E-state index in [2.05, 4.69) is 205 Å². The van der Waals surface area contributed by atoms with Crippen molar-refractivity contribution in [2.45, 2.75) is 5.41 Å². The summed E-state index contributed by atoms with van der Waals surface area (Å²) in [5, 5.41) is 2.75. The molecule has 3 nitrogen and oxygen atoms in total. The molecule has 3 heterocycles. The van der Waals surface area contributed by atoms with Crippen molar-refractivity contribution in [3.05, 3.63) is 251 Å². The average Bonchev–Trinajstić information content (AvgIpc) is 3.32. The summed E-state index contributed by atoms with van der Waals surface area (Å²) in [6, 6.07) is 78.1. The van der Waals surface area contributed by atoms with Gasteiger partial charge in [0.2, 0.25) is 0 Å². The summed E-state index contributed by atoms with van der Waals surface area (Å²) in [6.07, 6.45) is 0. The fourth-order valence-corrected chi connectivity index (χ4v) is 10.0. The Kier molecular flexibility index (Phi) is 7.29. The number of anilines is 3. The smallest absolute Gasteiger partial charge is 0.263 e. The van der Waals surface area contributed by atoms with Crippen molar-refractivity contribution in [3.63, 3.8) is 0 Å². The van der Waals surface area contributed by atoms with Crippen LogP contribution in [0.4, 0.5) is 17.1 Å². The van der Waals surface area contributed by atoms with Gasteiger partial charge in [-0.05, 0) is 110 Å². The molecule has 10 aromatic rings. The lowest BCUT2D eigenvalue weighted by atomic mass is 9.60. The SMILES string of the molecule is O=c1c2ccccc2c2cccc3c2n1-c1ccccc1C31c2cc(-c3ccccc3)ccc2N(c2ccc(-c3ccccc3)cc2)c2ccc(-c3ccccc3)cc21. The van der Waals surface area contributed by atoms with Gasteiger partial charge in [0.1, 0.15) is 0 Å². The van der Waals surface area contributed by atoms with E-state index in [0.29, 0.717) is 0 Å². The van der Waals surface area contributed by atoms with Crippen LogP contribution in [0.3, 0.4) is 0 Å². The van der Waals surface area contributed by atoms with E-state index in [1.54, 1.807) is 0 Å². The molecular formula is C56H36N2O.